The van der Waals surface area contributed by atoms with E-state index in [2.05, 4.69) is 0 Å². The van der Waals surface area contributed by atoms with Crippen molar-refractivity contribution in [2.75, 3.05) is 7.11 Å². The molecule has 0 saturated heterocycles. The Morgan fingerprint density at radius 3 is 2.54 bits per heavy atom. The number of rotatable bonds is 3. The molecule has 0 atom stereocenters. The number of hydrogen-bond acceptors (Lipinski definition) is 3. The van der Waals surface area contributed by atoms with E-state index in [0.29, 0.717) is 0 Å². The van der Waals surface area contributed by atoms with Gasteiger partial charge in [0.2, 0.25) is 0 Å². The van der Waals surface area contributed by atoms with Crippen LogP contribution in [-0.2, 0) is 4.79 Å². The number of carbonyl (C=O) groups is 1. The van der Waals surface area contributed by atoms with Crippen LogP contribution in [0.2, 0.25) is 0 Å². The predicted octanol–water partition coefficient (Wildman–Crippen LogP) is 2.59. The average Bonchev–Trinajstić information content (AvgIpc) is 2.11. The van der Waals surface area contributed by atoms with Gasteiger partial charge in [0, 0.05) is 4.90 Å². The van der Waals surface area contributed by atoms with Crippen LogP contribution in [0.4, 0.5) is 0 Å². The molecule has 0 heterocycles. The SMILES string of the molecule is COc1cc(C)c(SC=O)cc1C. The third-order valence-electron chi connectivity index (χ3n) is 1.87. The summed E-state index contributed by atoms with van der Waals surface area (Å²) in [6.45, 7) is 3.93. The molecule has 13 heavy (non-hydrogen) atoms. The Balaban J connectivity index is 3.12. The number of carbonyl (C=O) groups excluding carboxylic acids is 1. The Labute approximate surface area is 82.3 Å². The molecule has 0 radical (unpaired) electrons. The first-order chi connectivity index (χ1) is 6.19. The molecule has 0 amide bonds. The summed E-state index contributed by atoms with van der Waals surface area (Å²) < 4.78 is 5.16. The zero-order valence-electron chi connectivity index (χ0n) is 7.96. The minimum Gasteiger partial charge on any atom is -0.496 e. The fraction of sp³-hybridized carbons (Fsp3) is 0.300. The normalized spacial score (nSPS) is 9.77. The zero-order chi connectivity index (χ0) is 9.84. The second-order valence-electron chi connectivity index (χ2n) is 2.80. The van der Waals surface area contributed by atoms with E-state index in [1.807, 2.05) is 26.0 Å². The van der Waals surface area contributed by atoms with Gasteiger partial charge in [-0.15, -0.1) is 0 Å². The van der Waals surface area contributed by atoms with E-state index in [1.165, 1.54) is 11.8 Å². The first-order valence-electron chi connectivity index (χ1n) is 3.94. The van der Waals surface area contributed by atoms with Gasteiger partial charge in [0.1, 0.15) is 5.75 Å². The van der Waals surface area contributed by atoms with Crippen LogP contribution in [0.25, 0.3) is 0 Å². The van der Waals surface area contributed by atoms with Crippen LogP contribution in [0.15, 0.2) is 17.0 Å². The van der Waals surface area contributed by atoms with E-state index in [9.17, 15) is 4.79 Å². The Bertz CT molecular complexity index is 321. The minimum atomic E-state index is 0.842. The third kappa shape index (κ3) is 2.25. The Morgan fingerprint density at radius 2 is 2.00 bits per heavy atom. The first-order valence-corrected chi connectivity index (χ1v) is 4.82. The van der Waals surface area contributed by atoms with E-state index in [1.54, 1.807) is 7.11 Å². The van der Waals surface area contributed by atoms with Crippen molar-refractivity contribution in [3.63, 3.8) is 0 Å². The van der Waals surface area contributed by atoms with Crippen LogP contribution >= 0.6 is 11.8 Å². The maximum atomic E-state index is 10.3. The lowest BCUT2D eigenvalue weighted by atomic mass is 10.1. The molecule has 0 bridgehead atoms. The van der Waals surface area contributed by atoms with Crippen molar-refractivity contribution in [3.05, 3.63) is 23.3 Å². The summed E-state index contributed by atoms with van der Waals surface area (Å²) in [5.41, 5.74) is 2.96. The highest BCUT2D eigenvalue weighted by atomic mass is 32.2. The molecular formula is C10H12O2S. The number of ether oxygens (including phenoxy) is 1. The molecule has 1 aromatic rings. The maximum absolute atomic E-state index is 10.3. The van der Waals surface area contributed by atoms with E-state index >= 15 is 0 Å². The van der Waals surface area contributed by atoms with Gasteiger partial charge >= 0.3 is 0 Å². The predicted molar refractivity (Wildman–Crippen MR) is 55.1 cm³/mol. The van der Waals surface area contributed by atoms with Crippen molar-refractivity contribution in [1.29, 1.82) is 0 Å². The topological polar surface area (TPSA) is 26.3 Å². The van der Waals surface area contributed by atoms with Crippen LogP contribution in [0.3, 0.4) is 0 Å². The number of benzene rings is 1. The van der Waals surface area contributed by atoms with Gasteiger partial charge in [-0.25, -0.2) is 0 Å². The lowest BCUT2D eigenvalue weighted by Gasteiger charge is -2.08. The second kappa shape index (κ2) is 4.33. The molecule has 3 heteroatoms. The van der Waals surface area contributed by atoms with Crippen molar-refractivity contribution in [2.45, 2.75) is 18.7 Å². The van der Waals surface area contributed by atoms with Crippen molar-refractivity contribution in [1.82, 2.24) is 0 Å². The second-order valence-corrected chi connectivity index (χ2v) is 3.67. The molecule has 0 spiro atoms. The monoisotopic (exact) mass is 196 g/mol. The third-order valence-corrected chi connectivity index (χ3v) is 2.66. The minimum absolute atomic E-state index is 0.842. The smallest absolute Gasteiger partial charge is 0.180 e. The van der Waals surface area contributed by atoms with Crippen LogP contribution in [0.1, 0.15) is 11.1 Å². The number of aryl methyl sites for hydroxylation is 2. The summed E-state index contributed by atoms with van der Waals surface area (Å²) in [5.74, 6) is 0.868. The number of methoxy groups -OCH3 is 1. The van der Waals surface area contributed by atoms with Crippen LogP contribution in [0, 0.1) is 13.8 Å². The average molecular weight is 196 g/mol. The van der Waals surface area contributed by atoms with E-state index in [0.717, 1.165) is 27.4 Å². The zero-order valence-corrected chi connectivity index (χ0v) is 8.77. The lowest BCUT2D eigenvalue weighted by molar-refractivity contribution is 0.411. The van der Waals surface area contributed by atoms with E-state index < -0.39 is 0 Å². The highest BCUT2D eigenvalue weighted by Crippen LogP contribution is 2.27. The first kappa shape index (κ1) is 10.1. The van der Waals surface area contributed by atoms with Crippen molar-refractivity contribution in [3.8, 4) is 5.75 Å². The van der Waals surface area contributed by atoms with Gasteiger partial charge in [-0.3, -0.25) is 4.79 Å². The quantitative estimate of drug-likeness (QED) is 0.549. The molecule has 1 aromatic carbocycles. The van der Waals surface area contributed by atoms with Gasteiger partial charge in [-0.2, -0.15) is 0 Å². The largest absolute Gasteiger partial charge is 0.496 e. The molecule has 0 unspecified atom stereocenters. The molecule has 0 aliphatic heterocycles. The maximum Gasteiger partial charge on any atom is 0.180 e. The molecule has 0 N–H and O–H groups in total. The highest BCUT2D eigenvalue weighted by molar-refractivity contribution is 8.11. The van der Waals surface area contributed by atoms with Crippen molar-refractivity contribution in [2.24, 2.45) is 0 Å². The van der Waals surface area contributed by atoms with E-state index in [4.69, 9.17) is 4.74 Å². The van der Waals surface area contributed by atoms with Gasteiger partial charge in [0.05, 0.1) is 7.11 Å². The molecule has 0 aromatic heterocycles. The molecule has 0 aliphatic carbocycles. The van der Waals surface area contributed by atoms with Gasteiger partial charge in [0.15, 0.2) is 5.62 Å². The number of thioether (sulfide) groups is 1. The molecule has 0 aliphatic rings. The van der Waals surface area contributed by atoms with Gasteiger partial charge in [0.25, 0.3) is 0 Å². The number of hydrogen-bond donors (Lipinski definition) is 0. The molecule has 0 saturated carbocycles. The summed E-state index contributed by atoms with van der Waals surface area (Å²) in [5, 5.41) is 0. The van der Waals surface area contributed by atoms with Crippen molar-refractivity contribution >= 4 is 17.4 Å². The molecular weight excluding hydrogens is 184 g/mol. The van der Waals surface area contributed by atoms with Crippen LogP contribution in [0.5, 0.6) is 5.75 Å². The standard InChI is InChI=1S/C10H12O2S/c1-7-5-10(13-6-11)8(2)4-9(7)12-3/h4-6H,1-3H3. The van der Waals surface area contributed by atoms with Gasteiger partial charge in [-0.05, 0) is 37.1 Å². The van der Waals surface area contributed by atoms with Crippen molar-refractivity contribution < 1.29 is 9.53 Å². The summed E-state index contributed by atoms with van der Waals surface area (Å²) in [4.78, 5) is 11.3. The molecule has 70 valence electrons. The fourth-order valence-electron chi connectivity index (χ4n) is 1.16. The molecule has 0 fully saturated rings. The lowest BCUT2D eigenvalue weighted by Crippen LogP contribution is -1.90. The summed E-state index contributed by atoms with van der Waals surface area (Å²) in [7, 11) is 1.65. The molecule has 1 rings (SSSR count). The molecule has 2 nitrogen and oxygen atoms in total. The summed E-state index contributed by atoms with van der Waals surface area (Å²) in [6, 6.07) is 3.91. The Hall–Kier alpha value is -0.960. The van der Waals surface area contributed by atoms with Crippen LogP contribution in [-0.4, -0.2) is 12.7 Å². The highest BCUT2D eigenvalue weighted by Gasteiger charge is 2.04. The van der Waals surface area contributed by atoms with E-state index in [-0.39, 0.29) is 0 Å². The summed E-state index contributed by atoms with van der Waals surface area (Å²) >= 11 is 1.20. The fourth-order valence-corrected chi connectivity index (χ4v) is 1.76. The Morgan fingerprint density at radius 1 is 1.31 bits per heavy atom. The van der Waals surface area contributed by atoms with Crippen LogP contribution < -0.4 is 4.74 Å². The summed E-state index contributed by atoms with van der Waals surface area (Å²) in [6.07, 6.45) is 0. The van der Waals surface area contributed by atoms with Gasteiger partial charge in [-0.1, -0.05) is 11.8 Å². The van der Waals surface area contributed by atoms with Gasteiger partial charge < -0.3 is 4.74 Å². The Kier molecular flexibility index (Phi) is 3.37.